The largest absolute Gasteiger partial charge is 0.481 e. The highest BCUT2D eigenvalue weighted by Crippen LogP contribution is 2.67. The second-order valence-corrected chi connectivity index (χ2v) is 9.93. The molecular formula is C23H36N2O8. The number of carboxylic acids is 2. The van der Waals surface area contributed by atoms with Gasteiger partial charge in [0.25, 0.3) is 0 Å². The summed E-state index contributed by atoms with van der Waals surface area (Å²) < 4.78 is 10.7. The molecule has 6 atom stereocenters. The number of allylic oxidation sites excluding steroid dienone is 2. The number of aliphatic hydroxyl groups is 2. The second-order valence-electron chi connectivity index (χ2n) is 9.93. The van der Waals surface area contributed by atoms with E-state index in [1.54, 1.807) is 12.2 Å². The Morgan fingerprint density at radius 3 is 1.48 bits per heavy atom. The van der Waals surface area contributed by atoms with E-state index in [1.165, 1.54) is 0 Å². The summed E-state index contributed by atoms with van der Waals surface area (Å²) in [5.74, 6) is -3.40. The third-order valence-corrected chi connectivity index (χ3v) is 8.17. The molecule has 3 fully saturated rings. The second kappa shape index (κ2) is 9.97. The lowest BCUT2D eigenvalue weighted by atomic mass is 9.53. The van der Waals surface area contributed by atoms with Gasteiger partial charge in [0.2, 0.25) is 0 Å². The lowest BCUT2D eigenvalue weighted by molar-refractivity contribution is -0.184. The molecule has 2 heterocycles. The fourth-order valence-corrected chi connectivity index (χ4v) is 6.67. The molecule has 2 aliphatic carbocycles. The fourth-order valence-electron chi connectivity index (χ4n) is 6.67. The van der Waals surface area contributed by atoms with Crippen LogP contribution in [0.1, 0.15) is 19.3 Å². The first-order valence-corrected chi connectivity index (χ1v) is 11.9. The molecule has 4 rings (SSSR count). The van der Waals surface area contributed by atoms with Crippen molar-refractivity contribution in [3.63, 3.8) is 0 Å². The van der Waals surface area contributed by atoms with Crippen molar-refractivity contribution in [2.45, 2.75) is 31.5 Å². The average Bonchev–Trinajstić information content (AvgIpc) is 3.36. The summed E-state index contributed by atoms with van der Waals surface area (Å²) in [6.45, 7) is 5.33. The van der Waals surface area contributed by atoms with Crippen LogP contribution in [0.2, 0.25) is 0 Å². The van der Waals surface area contributed by atoms with E-state index in [2.05, 4.69) is 0 Å². The maximum atomic E-state index is 12.9. The van der Waals surface area contributed by atoms with Crippen molar-refractivity contribution < 1.29 is 39.5 Å². The molecule has 1 saturated carbocycles. The van der Waals surface area contributed by atoms with Gasteiger partial charge in [0.15, 0.2) is 0 Å². The molecule has 0 aromatic carbocycles. The van der Waals surface area contributed by atoms with Gasteiger partial charge in [-0.2, -0.15) is 0 Å². The number of carboxylic acid groups (broad SMARTS) is 2. The highest BCUT2D eigenvalue weighted by molar-refractivity contribution is 5.89. The molecular weight excluding hydrogens is 432 g/mol. The number of morpholine rings is 2. The number of ether oxygens (including phenoxy) is 2. The molecule has 186 valence electrons. The van der Waals surface area contributed by atoms with E-state index in [0.29, 0.717) is 59.0 Å². The van der Waals surface area contributed by atoms with Crippen LogP contribution in [-0.4, -0.2) is 120 Å². The molecule has 10 nitrogen and oxygen atoms in total. The van der Waals surface area contributed by atoms with Gasteiger partial charge in [0.05, 0.1) is 49.5 Å². The minimum absolute atomic E-state index is 0.165. The topological polar surface area (TPSA) is 140 Å². The lowest BCUT2D eigenvalue weighted by Crippen LogP contribution is -2.59. The van der Waals surface area contributed by atoms with Gasteiger partial charge in [-0.1, -0.05) is 12.2 Å². The van der Waals surface area contributed by atoms with Gasteiger partial charge < -0.3 is 29.9 Å². The van der Waals surface area contributed by atoms with Gasteiger partial charge in [-0.3, -0.25) is 19.4 Å². The molecule has 4 aliphatic rings. The summed E-state index contributed by atoms with van der Waals surface area (Å²) in [6.07, 6.45) is 1.69. The molecule has 10 heteroatoms. The zero-order chi connectivity index (χ0) is 23.6. The Labute approximate surface area is 193 Å². The maximum Gasteiger partial charge on any atom is 0.311 e. The van der Waals surface area contributed by atoms with E-state index < -0.39 is 46.8 Å². The first kappa shape index (κ1) is 24.6. The standard InChI is InChI=1S/C23H36N2O8/c26-18(14-24-3-7-32-8-4-24)12-22(20(28)29)16-1-2-17(11-16)23(22,21(30)31)13-19(27)15-25-5-9-33-10-6-25/h1-2,16-19,26-27H,3-15H2,(H,28,29)(H,30,31). The van der Waals surface area contributed by atoms with Crippen LogP contribution < -0.4 is 0 Å². The molecule has 2 aliphatic heterocycles. The number of aliphatic hydroxyl groups excluding tert-OH is 2. The van der Waals surface area contributed by atoms with Gasteiger partial charge in [-0.05, 0) is 31.1 Å². The van der Waals surface area contributed by atoms with E-state index in [9.17, 15) is 30.0 Å². The Bertz CT molecular complexity index is 691. The molecule has 6 unspecified atom stereocenters. The van der Waals surface area contributed by atoms with Crippen LogP contribution in [0, 0.1) is 22.7 Å². The quantitative estimate of drug-likeness (QED) is 0.310. The number of rotatable bonds is 10. The van der Waals surface area contributed by atoms with Crippen molar-refractivity contribution in [2.75, 3.05) is 65.7 Å². The van der Waals surface area contributed by atoms with E-state index in [-0.39, 0.29) is 25.9 Å². The average molecular weight is 469 g/mol. The molecule has 0 radical (unpaired) electrons. The van der Waals surface area contributed by atoms with Crippen LogP contribution in [0.3, 0.4) is 0 Å². The Kier molecular flexibility index (Phi) is 7.42. The Morgan fingerprint density at radius 2 is 1.15 bits per heavy atom. The van der Waals surface area contributed by atoms with Crippen LogP contribution in [0.5, 0.6) is 0 Å². The van der Waals surface area contributed by atoms with Gasteiger partial charge in [0.1, 0.15) is 0 Å². The van der Waals surface area contributed by atoms with Crippen LogP contribution in [0.15, 0.2) is 12.2 Å². The van der Waals surface area contributed by atoms with Crippen molar-refractivity contribution in [3.05, 3.63) is 12.2 Å². The van der Waals surface area contributed by atoms with Crippen molar-refractivity contribution in [3.8, 4) is 0 Å². The van der Waals surface area contributed by atoms with Crippen molar-refractivity contribution in [1.82, 2.24) is 9.80 Å². The minimum atomic E-state index is -1.68. The SMILES string of the molecule is O=C(O)C1(CC(O)CN2CCOCC2)C2C=CC(C2)C1(CC(O)CN1CCOCC1)C(=O)O. The van der Waals surface area contributed by atoms with Crippen LogP contribution in [-0.2, 0) is 19.1 Å². The predicted octanol–water partition coefficient (Wildman–Crippen LogP) is -0.499. The molecule has 0 spiro atoms. The summed E-state index contributed by atoms with van der Waals surface area (Å²) in [6, 6.07) is 0. The highest BCUT2D eigenvalue weighted by atomic mass is 16.5. The molecule has 4 N–H and O–H groups in total. The van der Waals surface area contributed by atoms with Crippen LogP contribution >= 0.6 is 0 Å². The fraction of sp³-hybridized carbons (Fsp3) is 0.826. The highest BCUT2D eigenvalue weighted by Gasteiger charge is 2.73. The Morgan fingerprint density at radius 1 is 0.788 bits per heavy atom. The van der Waals surface area contributed by atoms with Crippen molar-refractivity contribution >= 4 is 11.9 Å². The number of β-amino-alcohol motifs (C(OH)–C–C–N with tert-alkyl or cyclic N) is 2. The predicted molar refractivity (Wildman–Crippen MR) is 117 cm³/mol. The van der Waals surface area contributed by atoms with Gasteiger partial charge in [0, 0.05) is 39.3 Å². The minimum Gasteiger partial charge on any atom is -0.481 e. The summed E-state index contributed by atoms with van der Waals surface area (Å²) in [5.41, 5.74) is -3.37. The molecule has 0 aromatic heterocycles. The third kappa shape index (κ3) is 4.44. The summed E-state index contributed by atoms with van der Waals surface area (Å²) in [5, 5.41) is 42.9. The van der Waals surface area contributed by atoms with Crippen LogP contribution in [0.25, 0.3) is 0 Å². The normalized spacial score (nSPS) is 36.7. The zero-order valence-electron chi connectivity index (χ0n) is 19.0. The van der Waals surface area contributed by atoms with Crippen molar-refractivity contribution in [2.24, 2.45) is 22.7 Å². The third-order valence-electron chi connectivity index (χ3n) is 8.17. The first-order valence-electron chi connectivity index (χ1n) is 11.9. The van der Waals surface area contributed by atoms with Gasteiger partial charge >= 0.3 is 11.9 Å². The van der Waals surface area contributed by atoms with E-state index in [1.807, 2.05) is 9.80 Å². The lowest BCUT2D eigenvalue weighted by Gasteiger charge is -2.48. The van der Waals surface area contributed by atoms with Gasteiger partial charge in [-0.15, -0.1) is 0 Å². The number of carbonyl (C=O) groups is 2. The maximum absolute atomic E-state index is 12.9. The summed E-state index contributed by atoms with van der Waals surface area (Å²) in [4.78, 5) is 29.8. The number of aliphatic carboxylic acids is 2. The van der Waals surface area contributed by atoms with Gasteiger partial charge in [-0.25, -0.2) is 0 Å². The number of nitrogens with zero attached hydrogens (tertiary/aromatic N) is 2. The summed E-state index contributed by atoms with van der Waals surface area (Å²) in [7, 11) is 0. The number of hydrogen-bond donors (Lipinski definition) is 4. The monoisotopic (exact) mass is 468 g/mol. The zero-order valence-corrected chi connectivity index (χ0v) is 19.0. The Hall–Kier alpha value is -1.56. The molecule has 33 heavy (non-hydrogen) atoms. The smallest absolute Gasteiger partial charge is 0.311 e. The van der Waals surface area contributed by atoms with E-state index in [0.717, 1.165) is 0 Å². The van der Waals surface area contributed by atoms with E-state index in [4.69, 9.17) is 9.47 Å². The van der Waals surface area contributed by atoms with Crippen LogP contribution in [0.4, 0.5) is 0 Å². The number of hydrogen-bond acceptors (Lipinski definition) is 8. The Balaban J connectivity index is 1.59. The molecule has 0 aromatic rings. The molecule has 2 bridgehead atoms. The summed E-state index contributed by atoms with van der Waals surface area (Å²) >= 11 is 0. The van der Waals surface area contributed by atoms with Crippen molar-refractivity contribution in [1.29, 1.82) is 0 Å². The molecule has 0 amide bonds. The molecule has 2 saturated heterocycles. The first-order chi connectivity index (χ1) is 15.8. The number of fused-ring (bicyclic) bond motifs is 2. The van der Waals surface area contributed by atoms with E-state index >= 15 is 0 Å².